The van der Waals surface area contributed by atoms with Gasteiger partial charge in [-0.25, -0.2) is 0 Å². The van der Waals surface area contributed by atoms with Crippen molar-refractivity contribution in [3.8, 4) is 11.5 Å². The lowest BCUT2D eigenvalue weighted by Gasteiger charge is -2.23. The van der Waals surface area contributed by atoms with Gasteiger partial charge in [-0.2, -0.15) is 0 Å². The molecule has 2 atom stereocenters. The quantitative estimate of drug-likeness (QED) is 0.832. The summed E-state index contributed by atoms with van der Waals surface area (Å²) in [5.41, 5.74) is 2.26. The van der Waals surface area contributed by atoms with Gasteiger partial charge in [-0.3, -0.25) is 0 Å². The molecule has 0 saturated carbocycles. The third kappa shape index (κ3) is 3.93. The summed E-state index contributed by atoms with van der Waals surface area (Å²) in [5, 5.41) is 4.33. The first-order valence-corrected chi connectivity index (χ1v) is 7.66. The molecule has 0 bridgehead atoms. The fraction of sp³-hybridized carbons (Fsp3) is 0.333. The molecular formula is C18H22ClNO2. The van der Waals surface area contributed by atoms with Crippen LogP contribution in [0.3, 0.4) is 0 Å². The van der Waals surface area contributed by atoms with E-state index in [-0.39, 0.29) is 12.1 Å². The number of nitrogens with one attached hydrogen (secondary N) is 1. The molecule has 0 radical (unpaired) electrons. The highest BCUT2D eigenvalue weighted by Gasteiger charge is 2.16. The third-order valence-electron chi connectivity index (χ3n) is 3.77. The van der Waals surface area contributed by atoms with Crippen molar-refractivity contribution in [3.63, 3.8) is 0 Å². The standard InChI is InChI=1S/C18H22ClNO2/c1-12(14-5-7-15(19)8-6-14)20-13(2)17-11-16(21-3)9-10-18(17)22-4/h5-13,20H,1-4H3/t12-,13-/m1/s1. The number of hydrogen-bond acceptors (Lipinski definition) is 3. The second-order valence-electron chi connectivity index (χ2n) is 5.27. The minimum Gasteiger partial charge on any atom is -0.497 e. The molecule has 0 amide bonds. The molecule has 0 saturated heterocycles. The molecule has 2 aromatic rings. The maximum Gasteiger partial charge on any atom is 0.123 e. The Morgan fingerprint density at radius 3 is 2.18 bits per heavy atom. The van der Waals surface area contributed by atoms with Crippen LogP contribution < -0.4 is 14.8 Å². The molecule has 0 spiro atoms. The fourth-order valence-corrected chi connectivity index (χ4v) is 2.62. The van der Waals surface area contributed by atoms with E-state index in [9.17, 15) is 0 Å². The van der Waals surface area contributed by atoms with E-state index in [4.69, 9.17) is 21.1 Å². The zero-order valence-electron chi connectivity index (χ0n) is 13.4. The predicted molar refractivity (Wildman–Crippen MR) is 91.0 cm³/mol. The summed E-state index contributed by atoms with van der Waals surface area (Å²) in [7, 11) is 3.35. The normalized spacial score (nSPS) is 13.5. The summed E-state index contributed by atoms with van der Waals surface area (Å²) in [6, 6.07) is 14.0. The first-order chi connectivity index (χ1) is 10.5. The minimum absolute atomic E-state index is 0.121. The van der Waals surface area contributed by atoms with Gasteiger partial charge in [0.1, 0.15) is 11.5 Å². The van der Waals surface area contributed by atoms with Crippen molar-refractivity contribution in [2.24, 2.45) is 0 Å². The molecule has 0 aliphatic rings. The van der Waals surface area contributed by atoms with Crippen molar-refractivity contribution in [1.29, 1.82) is 0 Å². The molecule has 0 unspecified atom stereocenters. The third-order valence-corrected chi connectivity index (χ3v) is 4.03. The maximum absolute atomic E-state index is 5.94. The van der Waals surface area contributed by atoms with Crippen LogP contribution in [0.25, 0.3) is 0 Å². The van der Waals surface area contributed by atoms with Crippen molar-refractivity contribution < 1.29 is 9.47 Å². The van der Waals surface area contributed by atoms with Gasteiger partial charge in [0.05, 0.1) is 14.2 Å². The van der Waals surface area contributed by atoms with Gasteiger partial charge in [-0.05, 0) is 49.7 Å². The fourth-order valence-electron chi connectivity index (χ4n) is 2.49. The van der Waals surface area contributed by atoms with Crippen LogP contribution in [0, 0.1) is 0 Å². The van der Waals surface area contributed by atoms with E-state index in [0.29, 0.717) is 0 Å². The van der Waals surface area contributed by atoms with Crippen LogP contribution >= 0.6 is 11.6 Å². The smallest absolute Gasteiger partial charge is 0.123 e. The summed E-state index contributed by atoms with van der Waals surface area (Å²) >= 11 is 5.94. The second-order valence-corrected chi connectivity index (χ2v) is 5.71. The number of methoxy groups -OCH3 is 2. The number of benzene rings is 2. The average molecular weight is 320 g/mol. The lowest BCUT2D eigenvalue weighted by Crippen LogP contribution is -2.23. The zero-order chi connectivity index (χ0) is 16.1. The summed E-state index contributed by atoms with van der Waals surface area (Å²) in [5.74, 6) is 1.67. The second kappa shape index (κ2) is 7.52. The van der Waals surface area contributed by atoms with Gasteiger partial charge in [0.25, 0.3) is 0 Å². The van der Waals surface area contributed by atoms with Crippen molar-refractivity contribution in [2.75, 3.05) is 14.2 Å². The van der Waals surface area contributed by atoms with Gasteiger partial charge < -0.3 is 14.8 Å². The highest BCUT2D eigenvalue weighted by Crippen LogP contribution is 2.30. The molecule has 0 aliphatic carbocycles. The summed E-state index contributed by atoms with van der Waals surface area (Å²) in [6.45, 7) is 4.25. The van der Waals surface area contributed by atoms with Crippen molar-refractivity contribution in [2.45, 2.75) is 25.9 Å². The van der Waals surface area contributed by atoms with Crippen LogP contribution in [0.2, 0.25) is 5.02 Å². The Bertz CT molecular complexity index is 613. The van der Waals surface area contributed by atoms with Gasteiger partial charge in [0, 0.05) is 22.7 Å². The maximum atomic E-state index is 5.94. The van der Waals surface area contributed by atoms with Gasteiger partial charge in [-0.1, -0.05) is 23.7 Å². The Labute approximate surface area is 137 Å². The van der Waals surface area contributed by atoms with Crippen molar-refractivity contribution in [3.05, 3.63) is 58.6 Å². The lowest BCUT2D eigenvalue weighted by atomic mass is 10.0. The molecule has 0 heterocycles. The monoisotopic (exact) mass is 319 g/mol. The summed E-state index contributed by atoms with van der Waals surface area (Å²) < 4.78 is 10.8. The first kappa shape index (κ1) is 16.7. The molecule has 0 fully saturated rings. The minimum atomic E-state index is 0.121. The molecule has 0 aromatic heterocycles. The Morgan fingerprint density at radius 1 is 0.909 bits per heavy atom. The van der Waals surface area contributed by atoms with Crippen LogP contribution in [0.5, 0.6) is 11.5 Å². The number of ether oxygens (including phenoxy) is 2. The Kier molecular flexibility index (Phi) is 5.69. The Morgan fingerprint density at radius 2 is 1.59 bits per heavy atom. The van der Waals surface area contributed by atoms with Crippen LogP contribution in [-0.2, 0) is 0 Å². The van der Waals surface area contributed by atoms with Crippen LogP contribution in [-0.4, -0.2) is 14.2 Å². The van der Waals surface area contributed by atoms with E-state index in [1.54, 1.807) is 14.2 Å². The van der Waals surface area contributed by atoms with E-state index < -0.39 is 0 Å². The van der Waals surface area contributed by atoms with Crippen LogP contribution in [0.15, 0.2) is 42.5 Å². The number of rotatable bonds is 6. The molecule has 1 N–H and O–H groups in total. The molecule has 3 nitrogen and oxygen atoms in total. The first-order valence-electron chi connectivity index (χ1n) is 7.28. The zero-order valence-corrected chi connectivity index (χ0v) is 14.1. The topological polar surface area (TPSA) is 30.5 Å². The molecule has 0 aliphatic heterocycles. The van der Waals surface area contributed by atoms with E-state index >= 15 is 0 Å². The average Bonchev–Trinajstić information content (AvgIpc) is 2.54. The number of halogens is 1. The van der Waals surface area contributed by atoms with Gasteiger partial charge in [0.2, 0.25) is 0 Å². The lowest BCUT2D eigenvalue weighted by molar-refractivity contribution is 0.387. The van der Waals surface area contributed by atoms with E-state index in [1.165, 1.54) is 5.56 Å². The number of hydrogen-bond donors (Lipinski definition) is 1. The summed E-state index contributed by atoms with van der Waals surface area (Å²) in [6.07, 6.45) is 0. The predicted octanol–water partition coefficient (Wildman–Crippen LogP) is 4.77. The molecule has 2 rings (SSSR count). The molecular weight excluding hydrogens is 298 g/mol. The highest BCUT2D eigenvalue weighted by atomic mass is 35.5. The van der Waals surface area contributed by atoms with E-state index in [2.05, 4.69) is 19.2 Å². The van der Waals surface area contributed by atoms with Gasteiger partial charge >= 0.3 is 0 Å². The molecule has 2 aromatic carbocycles. The van der Waals surface area contributed by atoms with E-state index in [0.717, 1.165) is 22.1 Å². The molecule has 22 heavy (non-hydrogen) atoms. The van der Waals surface area contributed by atoms with Gasteiger partial charge in [0.15, 0.2) is 0 Å². The van der Waals surface area contributed by atoms with Crippen molar-refractivity contribution >= 4 is 11.6 Å². The largest absolute Gasteiger partial charge is 0.497 e. The van der Waals surface area contributed by atoms with Crippen LogP contribution in [0.4, 0.5) is 0 Å². The Hall–Kier alpha value is -1.71. The van der Waals surface area contributed by atoms with Crippen molar-refractivity contribution in [1.82, 2.24) is 5.32 Å². The summed E-state index contributed by atoms with van der Waals surface area (Å²) in [4.78, 5) is 0. The SMILES string of the molecule is COc1ccc(OC)c([C@@H](C)N[C@H](C)c2ccc(Cl)cc2)c1. The highest BCUT2D eigenvalue weighted by molar-refractivity contribution is 6.30. The van der Waals surface area contributed by atoms with Crippen LogP contribution in [0.1, 0.15) is 37.1 Å². The van der Waals surface area contributed by atoms with E-state index in [1.807, 2.05) is 42.5 Å². The van der Waals surface area contributed by atoms with Gasteiger partial charge in [-0.15, -0.1) is 0 Å². The molecule has 118 valence electrons. The Balaban J connectivity index is 2.17. The molecule has 4 heteroatoms.